The summed E-state index contributed by atoms with van der Waals surface area (Å²) in [5.41, 5.74) is 2.63. The minimum absolute atomic E-state index is 0.463. The van der Waals surface area contributed by atoms with E-state index in [9.17, 15) is 0 Å². The molecule has 1 saturated heterocycles. The van der Waals surface area contributed by atoms with Crippen LogP contribution >= 0.6 is 0 Å². The highest BCUT2D eigenvalue weighted by Gasteiger charge is 2.24. The van der Waals surface area contributed by atoms with Crippen LogP contribution in [0.4, 0.5) is 5.69 Å². The molecule has 0 radical (unpaired) electrons. The molecule has 0 saturated carbocycles. The molecule has 0 amide bonds. The number of ether oxygens (including phenoxy) is 1. The van der Waals surface area contributed by atoms with Gasteiger partial charge in [0.25, 0.3) is 0 Å². The van der Waals surface area contributed by atoms with Gasteiger partial charge in [-0.15, -0.1) is 0 Å². The van der Waals surface area contributed by atoms with Crippen LogP contribution in [0.5, 0.6) is 0 Å². The molecule has 1 heterocycles. The van der Waals surface area contributed by atoms with Crippen LogP contribution in [0.1, 0.15) is 5.56 Å². The second-order valence-electron chi connectivity index (χ2n) is 3.62. The average molecular weight is 177 g/mol. The van der Waals surface area contributed by atoms with Crippen molar-refractivity contribution in [1.82, 2.24) is 0 Å². The molecule has 1 fully saturated rings. The largest absolute Gasteiger partial charge is 0.372 e. The average Bonchev–Trinajstić information content (AvgIpc) is 2.89. The molecular weight excluding hydrogens is 162 g/mol. The number of aryl methyl sites for hydroxylation is 1. The van der Waals surface area contributed by atoms with Gasteiger partial charge in [-0.25, -0.2) is 0 Å². The molecule has 0 spiro atoms. The number of likely N-dealkylation sites (N-methyl/N-ethyl adjacent to an activating group) is 1. The second-order valence-corrected chi connectivity index (χ2v) is 3.62. The van der Waals surface area contributed by atoms with E-state index in [-0.39, 0.29) is 0 Å². The number of rotatable bonds is 3. The van der Waals surface area contributed by atoms with Crippen LogP contribution < -0.4 is 4.90 Å². The highest BCUT2D eigenvalue weighted by Crippen LogP contribution is 2.20. The zero-order valence-electron chi connectivity index (χ0n) is 8.16. The van der Waals surface area contributed by atoms with Gasteiger partial charge in [-0.2, -0.15) is 0 Å². The Hall–Kier alpha value is -1.02. The molecule has 70 valence electrons. The SMILES string of the molecule is Cc1ccccc1N(C)C[C@@H]1CO1. The molecule has 2 rings (SSSR count). The van der Waals surface area contributed by atoms with Crippen LogP contribution in [-0.4, -0.2) is 26.3 Å². The number of hydrogen-bond acceptors (Lipinski definition) is 2. The fraction of sp³-hybridized carbons (Fsp3) is 0.455. The van der Waals surface area contributed by atoms with E-state index in [0.29, 0.717) is 6.10 Å². The zero-order chi connectivity index (χ0) is 9.26. The van der Waals surface area contributed by atoms with Gasteiger partial charge in [0.15, 0.2) is 0 Å². The first-order valence-corrected chi connectivity index (χ1v) is 4.66. The van der Waals surface area contributed by atoms with Crippen LogP contribution in [-0.2, 0) is 4.74 Å². The topological polar surface area (TPSA) is 15.8 Å². The first kappa shape index (κ1) is 8.57. The summed E-state index contributed by atoms with van der Waals surface area (Å²) in [6, 6.07) is 8.43. The van der Waals surface area contributed by atoms with Gasteiger partial charge < -0.3 is 9.64 Å². The van der Waals surface area contributed by atoms with Crippen molar-refractivity contribution in [3.63, 3.8) is 0 Å². The summed E-state index contributed by atoms with van der Waals surface area (Å²) < 4.78 is 5.20. The minimum atomic E-state index is 0.463. The van der Waals surface area contributed by atoms with Crippen molar-refractivity contribution >= 4 is 5.69 Å². The normalized spacial score (nSPS) is 20.0. The fourth-order valence-corrected chi connectivity index (χ4v) is 1.57. The molecule has 1 aromatic carbocycles. The van der Waals surface area contributed by atoms with E-state index in [1.165, 1.54) is 11.3 Å². The Morgan fingerprint density at radius 2 is 2.15 bits per heavy atom. The van der Waals surface area contributed by atoms with Gasteiger partial charge in [-0.3, -0.25) is 0 Å². The Labute approximate surface area is 79.1 Å². The Balaban J connectivity index is 2.09. The molecule has 2 nitrogen and oxygen atoms in total. The van der Waals surface area contributed by atoms with E-state index in [1.54, 1.807) is 0 Å². The predicted octanol–water partition coefficient (Wildman–Crippen LogP) is 1.83. The third-order valence-corrected chi connectivity index (χ3v) is 2.41. The summed E-state index contributed by atoms with van der Waals surface area (Å²) in [4.78, 5) is 2.26. The van der Waals surface area contributed by atoms with Gasteiger partial charge in [0.05, 0.1) is 12.7 Å². The van der Waals surface area contributed by atoms with Gasteiger partial charge in [0, 0.05) is 19.3 Å². The van der Waals surface area contributed by atoms with E-state index in [2.05, 4.69) is 43.1 Å². The molecule has 2 heteroatoms. The van der Waals surface area contributed by atoms with Gasteiger partial charge in [-0.05, 0) is 18.6 Å². The lowest BCUT2D eigenvalue weighted by Crippen LogP contribution is -2.23. The molecule has 0 unspecified atom stereocenters. The number of epoxide rings is 1. The lowest BCUT2D eigenvalue weighted by Gasteiger charge is -2.20. The van der Waals surface area contributed by atoms with Crippen LogP contribution in [0, 0.1) is 6.92 Å². The van der Waals surface area contributed by atoms with Crippen LogP contribution in [0.3, 0.4) is 0 Å². The third-order valence-electron chi connectivity index (χ3n) is 2.41. The maximum absolute atomic E-state index is 5.20. The zero-order valence-corrected chi connectivity index (χ0v) is 8.16. The van der Waals surface area contributed by atoms with Crippen molar-refractivity contribution in [2.45, 2.75) is 13.0 Å². The summed E-state index contributed by atoms with van der Waals surface area (Å²) in [5, 5.41) is 0. The summed E-state index contributed by atoms with van der Waals surface area (Å²) in [7, 11) is 2.12. The number of nitrogens with zero attached hydrogens (tertiary/aromatic N) is 1. The van der Waals surface area contributed by atoms with Crippen LogP contribution in [0.25, 0.3) is 0 Å². The van der Waals surface area contributed by atoms with E-state index in [4.69, 9.17) is 4.74 Å². The Bertz CT molecular complexity index is 294. The Kier molecular flexibility index (Phi) is 2.23. The van der Waals surface area contributed by atoms with Crippen LogP contribution in [0.15, 0.2) is 24.3 Å². The standard InChI is InChI=1S/C11H15NO/c1-9-5-3-4-6-11(9)12(2)7-10-8-13-10/h3-6,10H,7-8H2,1-2H3/t10-/m1/s1. The molecule has 1 aliphatic heterocycles. The minimum Gasteiger partial charge on any atom is -0.372 e. The highest BCUT2D eigenvalue weighted by atomic mass is 16.6. The fourth-order valence-electron chi connectivity index (χ4n) is 1.57. The molecule has 0 bridgehead atoms. The summed E-state index contributed by atoms with van der Waals surface area (Å²) in [5.74, 6) is 0. The molecule has 0 aromatic heterocycles. The quantitative estimate of drug-likeness (QED) is 0.655. The van der Waals surface area contributed by atoms with Crippen molar-refractivity contribution in [1.29, 1.82) is 0 Å². The maximum Gasteiger partial charge on any atom is 0.0984 e. The van der Waals surface area contributed by atoms with Crippen molar-refractivity contribution in [2.75, 3.05) is 25.1 Å². The molecule has 1 atom stereocenters. The first-order valence-electron chi connectivity index (χ1n) is 4.66. The molecular formula is C11H15NO. The van der Waals surface area contributed by atoms with Crippen molar-refractivity contribution in [3.05, 3.63) is 29.8 Å². The highest BCUT2D eigenvalue weighted by molar-refractivity contribution is 5.52. The number of para-hydroxylation sites is 1. The number of benzene rings is 1. The lowest BCUT2D eigenvalue weighted by molar-refractivity contribution is 0.410. The maximum atomic E-state index is 5.20. The van der Waals surface area contributed by atoms with Gasteiger partial charge >= 0.3 is 0 Å². The molecule has 0 aliphatic carbocycles. The second kappa shape index (κ2) is 3.38. The smallest absolute Gasteiger partial charge is 0.0984 e. The predicted molar refractivity (Wildman–Crippen MR) is 54.2 cm³/mol. The summed E-state index contributed by atoms with van der Waals surface area (Å²) >= 11 is 0. The summed E-state index contributed by atoms with van der Waals surface area (Å²) in [6.45, 7) is 4.07. The van der Waals surface area contributed by atoms with Crippen molar-refractivity contribution in [3.8, 4) is 0 Å². The third kappa shape index (κ3) is 2.01. The van der Waals surface area contributed by atoms with E-state index >= 15 is 0 Å². The van der Waals surface area contributed by atoms with Crippen molar-refractivity contribution in [2.24, 2.45) is 0 Å². The van der Waals surface area contributed by atoms with Crippen molar-refractivity contribution < 1.29 is 4.74 Å². The Morgan fingerprint density at radius 3 is 2.77 bits per heavy atom. The van der Waals surface area contributed by atoms with E-state index in [1.807, 2.05) is 0 Å². The molecule has 1 aromatic rings. The number of hydrogen-bond donors (Lipinski definition) is 0. The van der Waals surface area contributed by atoms with Crippen LogP contribution in [0.2, 0.25) is 0 Å². The van der Waals surface area contributed by atoms with Gasteiger partial charge in [0.1, 0.15) is 0 Å². The van der Waals surface area contributed by atoms with Gasteiger partial charge in [0.2, 0.25) is 0 Å². The monoisotopic (exact) mass is 177 g/mol. The molecule has 13 heavy (non-hydrogen) atoms. The first-order chi connectivity index (χ1) is 6.27. The molecule has 1 aliphatic rings. The van der Waals surface area contributed by atoms with Gasteiger partial charge in [-0.1, -0.05) is 18.2 Å². The summed E-state index contributed by atoms with van der Waals surface area (Å²) in [6.07, 6.45) is 0.463. The lowest BCUT2D eigenvalue weighted by atomic mass is 10.2. The van der Waals surface area contributed by atoms with E-state index in [0.717, 1.165) is 13.2 Å². The Morgan fingerprint density at radius 1 is 1.46 bits per heavy atom. The number of anilines is 1. The molecule has 0 N–H and O–H groups in total. The van der Waals surface area contributed by atoms with E-state index < -0.39 is 0 Å².